The molecule has 2 nitrogen and oxygen atoms in total. The molecule has 2 aromatic carbocycles. The van der Waals surface area contributed by atoms with Gasteiger partial charge in [-0.15, -0.1) is 0 Å². The quantitative estimate of drug-likeness (QED) is 0.871. The molecule has 0 fully saturated rings. The van der Waals surface area contributed by atoms with Gasteiger partial charge in [0.05, 0.1) is 0 Å². The number of aryl methyl sites for hydroxylation is 3. The fourth-order valence-electron chi connectivity index (χ4n) is 3.59. The van der Waals surface area contributed by atoms with Gasteiger partial charge in [0.1, 0.15) is 5.60 Å². The summed E-state index contributed by atoms with van der Waals surface area (Å²) in [7, 11) is 1.71. The lowest BCUT2D eigenvalue weighted by Gasteiger charge is -2.31. The van der Waals surface area contributed by atoms with Crippen molar-refractivity contribution in [2.75, 3.05) is 13.7 Å². The third-order valence-corrected chi connectivity index (χ3v) is 4.72. The van der Waals surface area contributed by atoms with Gasteiger partial charge in [0.15, 0.2) is 0 Å². The largest absolute Gasteiger partial charge is 0.385 e. The van der Waals surface area contributed by atoms with E-state index in [0.29, 0.717) is 13.0 Å². The van der Waals surface area contributed by atoms with E-state index in [1.54, 1.807) is 7.11 Å². The van der Waals surface area contributed by atoms with Crippen molar-refractivity contribution in [3.8, 4) is 0 Å². The van der Waals surface area contributed by atoms with Crippen LogP contribution in [0.15, 0.2) is 42.5 Å². The van der Waals surface area contributed by atoms with Crippen molar-refractivity contribution in [1.29, 1.82) is 0 Å². The van der Waals surface area contributed by atoms with Gasteiger partial charge in [-0.25, -0.2) is 0 Å². The zero-order valence-electron chi connectivity index (χ0n) is 13.4. The van der Waals surface area contributed by atoms with Crippen LogP contribution in [0.25, 0.3) is 0 Å². The Kier molecular flexibility index (Phi) is 4.32. The number of fused-ring (bicyclic) bond motifs is 2. The summed E-state index contributed by atoms with van der Waals surface area (Å²) in [5.41, 5.74) is 4.96. The predicted octanol–water partition coefficient (Wildman–Crippen LogP) is 3.76. The summed E-state index contributed by atoms with van der Waals surface area (Å²) in [5.74, 6) is 0. The first kappa shape index (κ1) is 15.3. The van der Waals surface area contributed by atoms with Crippen LogP contribution >= 0.6 is 0 Å². The lowest BCUT2D eigenvalue weighted by molar-refractivity contribution is 0.0579. The van der Waals surface area contributed by atoms with E-state index in [1.807, 2.05) is 6.07 Å². The van der Waals surface area contributed by atoms with Gasteiger partial charge in [0.2, 0.25) is 0 Å². The van der Waals surface area contributed by atoms with E-state index in [-0.39, 0.29) is 0 Å². The van der Waals surface area contributed by atoms with Crippen LogP contribution in [0.4, 0.5) is 0 Å². The predicted molar refractivity (Wildman–Crippen MR) is 89.1 cm³/mol. The molecule has 0 saturated heterocycles. The Morgan fingerprint density at radius 3 is 2.55 bits per heavy atom. The van der Waals surface area contributed by atoms with E-state index >= 15 is 0 Å². The number of hydrogen-bond acceptors (Lipinski definition) is 2. The maximum absolute atomic E-state index is 11.7. The Morgan fingerprint density at radius 1 is 1.05 bits per heavy atom. The monoisotopic (exact) mass is 296 g/mol. The van der Waals surface area contributed by atoms with Crippen LogP contribution in [-0.4, -0.2) is 18.8 Å². The molecule has 0 heterocycles. The second kappa shape index (κ2) is 6.23. The molecule has 2 heteroatoms. The summed E-state index contributed by atoms with van der Waals surface area (Å²) in [6.45, 7) is 2.76. The number of ether oxygens (including phenoxy) is 1. The van der Waals surface area contributed by atoms with Gasteiger partial charge in [-0.3, -0.25) is 0 Å². The van der Waals surface area contributed by atoms with Gasteiger partial charge in [-0.1, -0.05) is 48.0 Å². The maximum atomic E-state index is 11.7. The third-order valence-electron chi connectivity index (χ3n) is 4.72. The fraction of sp³-hybridized carbons (Fsp3) is 0.400. The molecular formula is C20H24O2. The average molecular weight is 296 g/mol. The zero-order chi connectivity index (χ0) is 15.6. The molecule has 3 rings (SSSR count). The number of aliphatic hydroxyl groups is 1. The van der Waals surface area contributed by atoms with E-state index in [4.69, 9.17) is 4.74 Å². The summed E-state index contributed by atoms with van der Waals surface area (Å²) >= 11 is 0. The Labute approximate surface area is 132 Å². The van der Waals surface area contributed by atoms with E-state index in [1.165, 1.54) is 16.7 Å². The minimum absolute atomic E-state index is 0.672. The first-order chi connectivity index (χ1) is 10.6. The second-order valence-electron chi connectivity index (χ2n) is 6.27. The highest BCUT2D eigenvalue weighted by atomic mass is 16.5. The molecule has 1 atom stereocenters. The molecule has 0 amide bonds. The van der Waals surface area contributed by atoms with Crippen molar-refractivity contribution in [2.45, 2.75) is 38.2 Å². The van der Waals surface area contributed by atoms with Crippen molar-refractivity contribution in [3.63, 3.8) is 0 Å². The minimum atomic E-state index is -0.910. The fourth-order valence-corrected chi connectivity index (χ4v) is 3.59. The molecule has 0 aromatic heterocycles. The zero-order valence-corrected chi connectivity index (χ0v) is 13.4. The lowest BCUT2D eigenvalue weighted by Crippen LogP contribution is -2.29. The summed E-state index contributed by atoms with van der Waals surface area (Å²) in [6.07, 6.45) is 3.50. The van der Waals surface area contributed by atoms with Gasteiger partial charge in [-0.2, -0.15) is 0 Å². The van der Waals surface area contributed by atoms with Crippen molar-refractivity contribution in [2.24, 2.45) is 0 Å². The first-order valence-corrected chi connectivity index (χ1v) is 8.05. The van der Waals surface area contributed by atoms with Crippen LogP contribution in [0.3, 0.4) is 0 Å². The number of benzene rings is 2. The van der Waals surface area contributed by atoms with Gasteiger partial charge < -0.3 is 9.84 Å². The second-order valence-corrected chi connectivity index (χ2v) is 6.27. The highest BCUT2D eigenvalue weighted by Gasteiger charge is 2.36. The van der Waals surface area contributed by atoms with Crippen molar-refractivity contribution in [1.82, 2.24) is 0 Å². The molecule has 2 aromatic rings. The van der Waals surface area contributed by atoms with Crippen LogP contribution in [0.2, 0.25) is 0 Å². The Balaban J connectivity index is 2.13. The maximum Gasteiger partial charge on any atom is 0.115 e. The van der Waals surface area contributed by atoms with Crippen LogP contribution in [0.5, 0.6) is 0 Å². The third kappa shape index (κ3) is 2.69. The summed E-state index contributed by atoms with van der Waals surface area (Å²) in [5, 5.41) is 11.7. The molecule has 0 radical (unpaired) electrons. The van der Waals surface area contributed by atoms with Gasteiger partial charge in [0.25, 0.3) is 0 Å². The normalized spacial score (nSPS) is 20.1. The van der Waals surface area contributed by atoms with Crippen LogP contribution < -0.4 is 0 Å². The molecule has 1 aliphatic carbocycles. The summed E-state index contributed by atoms with van der Waals surface area (Å²) < 4.78 is 5.20. The molecule has 22 heavy (non-hydrogen) atoms. The standard InChI is InChI=1S/C20H24O2/c1-15-8-9-17-11-10-16-6-3-4-7-18(16)20(21,19(17)14-15)12-5-13-22-2/h3-4,6-9,14,21H,5,10-13H2,1-2H3. The number of hydrogen-bond donors (Lipinski definition) is 1. The molecule has 1 unspecified atom stereocenters. The Morgan fingerprint density at radius 2 is 1.77 bits per heavy atom. The molecule has 1 aliphatic rings. The van der Waals surface area contributed by atoms with E-state index in [0.717, 1.165) is 30.4 Å². The molecule has 0 bridgehead atoms. The molecule has 0 aliphatic heterocycles. The van der Waals surface area contributed by atoms with E-state index < -0.39 is 5.60 Å². The van der Waals surface area contributed by atoms with Crippen LogP contribution in [0.1, 0.15) is 40.7 Å². The van der Waals surface area contributed by atoms with Crippen molar-refractivity contribution in [3.05, 3.63) is 70.3 Å². The van der Waals surface area contributed by atoms with E-state index in [9.17, 15) is 5.11 Å². The highest BCUT2D eigenvalue weighted by molar-refractivity contribution is 5.48. The highest BCUT2D eigenvalue weighted by Crippen LogP contribution is 2.41. The SMILES string of the molecule is COCCCC1(O)c2ccccc2CCc2ccc(C)cc21. The summed E-state index contributed by atoms with van der Waals surface area (Å²) in [6, 6.07) is 14.8. The smallest absolute Gasteiger partial charge is 0.115 e. The number of rotatable bonds is 4. The molecule has 1 N–H and O–H groups in total. The topological polar surface area (TPSA) is 29.5 Å². The van der Waals surface area contributed by atoms with Gasteiger partial charge in [-0.05, 0) is 54.9 Å². The molecular weight excluding hydrogens is 272 g/mol. The average Bonchev–Trinajstić information content (AvgIpc) is 2.64. The minimum Gasteiger partial charge on any atom is -0.385 e. The van der Waals surface area contributed by atoms with Crippen LogP contribution in [0, 0.1) is 6.92 Å². The first-order valence-electron chi connectivity index (χ1n) is 8.05. The lowest BCUT2D eigenvalue weighted by atomic mass is 9.80. The van der Waals surface area contributed by atoms with Crippen molar-refractivity contribution < 1.29 is 9.84 Å². The summed E-state index contributed by atoms with van der Waals surface area (Å²) in [4.78, 5) is 0. The Hall–Kier alpha value is -1.64. The number of methoxy groups -OCH3 is 1. The molecule has 0 saturated carbocycles. The Bertz CT molecular complexity index is 663. The van der Waals surface area contributed by atoms with Crippen molar-refractivity contribution >= 4 is 0 Å². The molecule has 0 spiro atoms. The van der Waals surface area contributed by atoms with Gasteiger partial charge in [0, 0.05) is 13.7 Å². The van der Waals surface area contributed by atoms with E-state index in [2.05, 4.69) is 43.3 Å². The molecule has 116 valence electrons. The van der Waals surface area contributed by atoms with Gasteiger partial charge >= 0.3 is 0 Å². The van der Waals surface area contributed by atoms with Crippen LogP contribution in [-0.2, 0) is 23.2 Å².